The molecule has 8 nitrogen and oxygen atoms in total. The van der Waals surface area contributed by atoms with Gasteiger partial charge in [-0.3, -0.25) is 10.1 Å². The lowest BCUT2D eigenvalue weighted by Gasteiger charge is -2.12. The van der Waals surface area contributed by atoms with Gasteiger partial charge < -0.3 is 18.6 Å². The number of imide groups is 1. The van der Waals surface area contributed by atoms with Crippen molar-refractivity contribution in [3.63, 3.8) is 0 Å². The van der Waals surface area contributed by atoms with E-state index in [1.54, 1.807) is 13.4 Å². The van der Waals surface area contributed by atoms with Gasteiger partial charge in [-0.25, -0.2) is 9.78 Å². The van der Waals surface area contributed by atoms with Crippen LogP contribution in [0.3, 0.4) is 0 Å². The minimum absolute atomic E-state index is 0.241. The fourth-order valence-electron chi connectivity index (χ4n) is 4.33. The van der Waals surface area contributed by atoms with E-state index in [-0.39, 0.29) is 12.5 Å². The van der Waals surface area contributed by atoms with Gasteiger partial charge in [-0.05, 0) is 71.9 Å². The van der Waals surface area contributed by atoms with E-state index in [1.165, 1.54) is 10.8 Å². The summed E-state index contributed by atoms with van der Waals surface area (Å²) >= 11 is 0. The Labute approximate surface area is 220 Å². The number of carbonyl (C=O) groups excluding carboxylic acids is 2. The standard InChI is InChI=1S/C30H28N2O6/c1-35-27-17-20(6-2-5-9-26-29(33)32-30(34)38-26)11-14-25(27)36-18-24-19-37-28(31-24)15-12-21-10-13-22-7-3-4-8-23(22)16-21/h3-4,7-8,10-17,19,26H,2,5-6,9,18H2,1H3,(H,32,33,34)/b15-12+. The van der Waals surface area contributed by atoms with E-state index in [2.05, 4.69) is 40.6 Å². The number of amides is 2. The number of ether oxygens (including phenoxy) is 3. The lowest BCUT2D eigenvalue weighted by molar-refractivity contribution is -0.123. The van der Waals surface area contributed by atoms with Crippen LogP contribution in [0.5, 0.6) is 11.5 Å². The Balaban J connectivity index is 1.12. The lowest BCUT2D eigenvalue weighted by Crippen LogP contribution is -2.24. The van der Waals surface area contributed by atoms with Gasteiger partial charge in [0.1, 0.15) is 18.6 Å². The fourth-order valence-corrected chi connectivity index (χ4v) is 4.33. The molecule has 0 saturated carbocycles. The van der Waals surface area contributed by atoms with Crippen LogP contribution in [0.15, 0.2) is 71.3 Å². The molecule has 3 aromatic carbocycles. The third-order valence-corrected chi connectivity index (χ3v) is 6.31. The maximum Gasteiger partial charge on any atom is 0.414 e. The van der Waals surface area contributed by atoms with Crippen LogP contribution >= 0.6 is 0 Å². The number of aromatic nitrogens is 1. The molecular formula is C30H28N2O6. The SMILES string of the molecule is COc1cc(CCCCC2OC(=O)NC2=O)ccc1OCc1coc(/C=C/c2ccc3ccccc3c2)n1. The minimum atomic E-state index is -0.681. The van der Waals surface area contributed by atoms with Crippen molar-refractivity contribution < 1.29 is 28.2 Å². The number of alkyl carbamates (subject to hydrolysis) is 1. The normalized spacial score (nSPS) is 15.1. The Hall–Kier alpha value is -4.59. The third-order valence-electron chi connectivity index (χ3n) is 6.31. The molecule has 38 heavy (non-hydrogen) atoms. The van der Waals surface area contributed by atoms with Crippen molar-refractivity contribution in [2.24, 2.45) is 0 Å². The van der Waals surface area contributed by atoms with Gasteiger partial charge in [-0.15, -0.1) is 0 Å². The molecule has 1 atom stereocenters. The first-order valence-electron chi connectivity index (χ1n) is 12.5. The Morgan fingerprint density at radius 3 is 2.66 bits per heavy atom. The molecule has 1 aromatic heterocycles. The topological polar surface area (TPSA) is 99.9 Å². The van der Waals surface area contributed by atoms with Gasteiger partial charge in [0, 0.05) is 6.08 Å². The monoisotopic (exact) mass is 512 g/mol. The second kappa shape index (κ2) is 11.6. The summed E-state index contributed by atoms with van der Waals surface area (Å²) in [7, 11) is 1.60. The Bertz CT molecular complexity index is 1470. The molecular weight excluding hydrogens is 484 g/mol. The van der Waals surface area contributed by atoms with Gasteiger partial charge in [-0.2, -0.15) is 0 Å². The largest absolute Gasteiger partial charge is 0.493 e. The van der Waals surface area contributed by atoms with Crippen molar-refractivity contribution >= 4 is 34.9 Å². The van der Waals surface area contributed by atoms with E-state index in [9.17, 15) is 9.59 Å². The number of hydrogen-bond acceptors (Lipinski definition) is 7. The van der Waals surface area contributed by atoms with Crippen LogP contribution in [0.1, 0.15) is 42.0 Å². The van der Waals surface area contributed by atoms with Crippen LogP contribution in [0.2, 0.25) is 0 Å². The second-order valence-corrected chi connectivity index (χ2v) is 9.02. The number of oxazole rings is 1. The molecule has 0 radical (unpaired) electrons. The molecule has 0 aliphatic carbocycles. The van der Waals surface area contributed by atoms with Crippen molar-refractivity contribution in [3.8, 4) is 11.5 Å². The number of aryl methyl sites for hydroxylation is 1. The molecule has 4 aromatic rings. The number of nitrogens with one attached hydrogen (secondary N) is 1. The Morgan fingerprint density at radius 1 is 0.974 bits per heavy atom. The van der Waals surface area contributed by atoms with Gasteiger partial charge >= 0.3 is 6.09 Å². The number of nitrogens with zero attached hydrogens (tertiary/aromatic N) is 1. The highest BCUT2D eigenvalue weighted by Crippen LogP contribution is 2.29. The predicted molar refractivity (Wildman–Crippen MR) is 143 cm³/mol. The summed E-state index contributed by atoms with van der Waals surface area (Å²) < 4.78 is 22.0. The van der Waals surface area contributed by atoms with Crippen molar-refractivity contribution in [2.75, 3.05) is 7.11 Å². The summed E-state index contributed by atoms with van der Waals surface area (Å²) in [6, 6.07) is 20.3. The molecule has 2 amide bonds. The number of methoxy groups -OCH3 is 1. The first kappa shape index (κ1) is 25.1. The number of carbonyl (C=O) groups is 2. The summed E-state index contributed by atoms with van der Waals surface area (Å²) in [6.45, 7) is 0.241. The minimum Gasteiger partial charge on any atom is -0.493 e. The summed E-state index contributed by atoms with van der Waals surface area (Å²) in [5.74, 6) is 1.39. The van der Waals surface area contributed by atoms with E-state index in [1.807, 2.05) is 42.5 Å². The van der Waals surface area contributed by atoms with Crippen molar-refractivity contribution in [3.05, 3.63) is 89.6 Å². The number of fused-ring (bicyclic) bond motifs is 1. The second-order valence-electron chi connectivity index (χ2n) is 9.02. The summed E-state index contributed by atoms with van der Waals surface area (Å²) in [5, 5.41) is 4.53. The van der Waals surface area contributed by atoms with E-state index < -0.39 is 12.2 Å². The van der Waals surface area contributed by atoms with Gasteiger partial charge in [0.15, 0.2) is 17.6 Å². The zero-order valence-electron chi connectivity index (χ0n) is 21.0. The number of rotatable bonds is 11. The maximum absolute atomic E-state index is 11.6. The molecule has 2 heterocycles. The van der Waals surface area contributed by atoms with E-state index >= 15 is 0 Å². The maximum atomic E-state index is 11.6. The number of hydrogen-bond donors (Lipinski definition) is 1. The Morgan fingerprint density at radius 2 is 1.84 bits per heavy atom. The molecule has 0 spiro atoms. The first-order valence-corrected chi connectivity index (χ1v) is 12.5. The van der Waals surface area contributed by atoms with E-state index in [4.69, 9.17) is 18.6 Å². The average molecular weight is 513 g/mol. The number of cyclic esters (lactones) is 1. The van der Waals surface area contributed by atoms with Crippen LogP contribution in [-0.4, -0.2) is 30.2 Å². The molecule has 1 saturated heterocycles. The molecule has 1 aliphatic heterocycles. The quantitative estimate of drug-likeness (QED) is 0.249. The summed E-state index contributed by atoms with van der Waals surface area (Å²) in [4.78, 5) is 27.1. The Kier molecular flexibility index (Phi) is 7.68. The van der Waals surface area contributed by atoms with E-state index in [0.717, 1.165) is 30.4 Å². The molecule has 1 fully saturated rings. The molecule has 194 valence electrons. The fraction of sp³-hybridized carbons (Fsp3) is 0.233. The van der Waals surface area contributed by atoms with Crippen LogP contribution in [0, 0.1) is 0 Å². The molecule has 1 unspecified atom stereocenters. The van der Waals surface area contributed by atoms with Gasteiger partial charge in [0.25, 0.3) is 5.91 Å². The smallest absolute Gasteiger partial charge is 0.414 e. The number of unbranched alkanes of at least 4 members (excludes halogenated alkanes) is 1. The van der Waals surface area contributed by atoms with Gasteiger partial charge in [0.05, 0.1) is 7.11 Å². The first-order chi connectivity index (χ1) is 18.6. The summed E-state index contributed by atoms with van der Waals surface area (Å²) in [5.41, 5.74) is 2.83. The number of benzene rings is 3. The average Bonchev–Trinajstić information content (AvgIpc) is 3.53. The zero-order valence-corrected chi connectivity index (χ0v) is 21.0. The van der Waals surface area contributed by atoms with Crippen LogP contribution in [0.4, 0.5) is 4.79 Å². The summed E-state index contributed by atoms with van der Waals surface area (Å²) in [6.07, 6.45) is 6.96. The van der Waals surface area contributed by atoms with Gasteiger partial charge in [0.2, 0.25) is 5.89 Å². The van der Waals surface area contributed by atoms with Crippen molar-refractivity contribution in [1.29, 1.82) is 0 Å². The van der Waals surface area contributed by atoms with E-state index in [0.29, 0.717) is 29.5 Å². The highest BCUT2D eigenvalue weighted by Gasteiger charge is 2.31. The lowest BCUT2D eigenvalue weighted by atomic mass is 10.0. The van der Waals surface area contributed by atoms with Crippen molar-refractivity contribution in [1.82, 2.24) is 10.3 Å². The molecule has 0 bridgehead atoms. The molecule has 1 aliphatic rings. The van der Waals surface area contributed by atoms with Crippen LogP contribution < -0.4 is 14.8 Å². The van der Waals surface area contributed by atoms with Gasteiger partial charge in [-0.1, -0.05) is 42.5 Å². The third kappa shape index (κ3) is 6.21. The highest BCUT2D eigenvalue weighted by molar-refractivity contribution is 5.99. The van der Waals surface area contributed by atoms with Crippen LogP contribution in [-0.2, 0) is 22.6 Å². The zero-order chi connectivity index (χ0) is 26.3. The van der Waals surface area contributed by atoms with Crippen LogP contribution in [0.25, 0.3) is 22.9 Å². The van der Waals surface area contributed by atoms with Crippen molar-refractivity contribution in [2.45, 2.75) is 38.4 Å². The molecule has 5 rings (SSSR count). The predicted octanol–water partition coefficient (Wildman–Crippen LogP) is 5.93. The highest BCUT2D eigenvalue weighted by atomic mass is 16.6. The molecule has 8 heteroatoms. The molecule has 1 N–H and O–H groups in total.